The van der Waals surface area contributed by atoms with Gasteiger partial charge >= 0.3 is 5.97 Å². The summed E-state index contributed by atoms with van der Waals surface area (Å²) in [5.74, 6) is 4.75. The van der Waals surface area contributed by atoms with Crippen molar-refractivity contribution in [2.45, 2.75) is 26.4 Å². The molecule has 2 rings (SSSR count). The van der Waals surface area contributed by atoms with Crippen molar-refractivity contribution in [2.75, 3.05) is 13.2 Å². The molecule has 0 aromatic carbocycles. The van der Waals surface area contributed by atoms with E-state index in [1.807, 2.05) is 0 Å². The average molecular weight is 332 g/mol. The summed E-state index contributed by atoms with van der Waals surface area (Å²) in [6, 6.07) is 0. The second-order valence-corrected chi connectivity index (χ2v) is 5.74. The molecule has 0 saturated heterocycles. The highest BCUT2D eigenvalue weighted by Crippen LogP contribution is 2.24. The molecule has 0 aliphatic carbocycles. The van der Waals surface area contributed by atoms with Gasteiger partial charge in [-0.3, -0.25) is 4.79 Å². The first-order chi connectivity index (χ1) is 11.2. The topological polar surface area (TPSA) is 105 Å². The number of rotatable bonds is 3. The Morgan fingerprint density at radius 3 is 2.75 bits per heavy atom. The van der Waals surface area contributed by atoms with E-state index in [1.165, 1.54) is 17.7 Å². The van der Waals surface area contributed by atoms with Crippen LogP contribution in [-0.4, -0.2) is 44.5 Å². The van der Waals surface area contributed by atoms with Gasteiger partial charge in [-0.1, -0.05) is 11.8 Å². The zero-order valence-corrected chi connectivity index (χ0v) is 14.1. The average Bonchev–Trinajstić information content (AvgIpc) is 2.87. The third kappa shape index (κ3) is 3.20. The minimum Gasteiger partial charge on any atom is -0.462 e. The number of H-pyrrole nitrogens is 1. The van der Waals surface area contributed by atoms with Crippen molar-refractivity contribution in [1.82, 2.24) is 9.55 Å². The number of aromatic amines is 1. The third-order valence-electron chi connectivity index (χ3n) is 3.57. The summed E-state index contributed by atoms with van der Waals surface area (Å²) >= 11 is 0. The van der Waals surface area contributed by atoms with Gasteiger partial charge in [-0.15, -0.1) is 0 Å². The second kappa shape index (κ2) is 6.51. The molecule has 24 heavy (non-hydrogen) atoms. The van der Waals surface area contributed by atoms with Crippen LogP contribution < -0.4 is 5.56 Å². The van der Waals surface area contributed by atoms with Crippen molar-refractivity contribution >= 4 is 16.9 Å². The first-order valence-electron chi connectivity index (χ1n) is 7.47. The number of carbonyl (C=O) groups is 1. The zero-order chi connectivity index (χ0) is 18.1. The Balaban J connectivity index is 2.82. The van der Waals surface area contributed by atoms with E-state index in [9.17, 15) is 14.7 Å². The lowest BCUT2D eigenvalue weighted by molar-refractivity contribution is 0.0518. The maximum atomic E-state index is 12.3. The first-order valence-corrected chi connectivity index (χ1v) is 7.47. The molecule has 7 nitrogen and oxygen atoms in total. The van der Waals surface area contributed by atoms with Gasteiger partial charge in [-0.25, -0.2) is 4.79 Å². The van der Waals surface area contributed by atoms with Crippen LogP contribution in [-0.2, 0) is 11.8 Å². The smallest absolute Gasteiger partial charge is 0.340 e. The number of nitrogens with zero attached hydrogens (tertiary/aromatic N) is 1. The van der Waals surface area contributed by atoms with E-state index in [4.69, 9.17) is 9.84 Å². The number of aromatic nitrogens is 2. The number of nitrogens with one attached hydrogen (secondary N) is 1. The summed E-state index contributed by atoms with van der Waals surface area (Å²) in [7, 11) is 1.57. The van der Waals surface area contributed by atoms with Crippen molar-refractivity contribution in [1.29, 1.82) is 0 Å². The maximum absolute atomic E-state index is 12.3. The molecular formula is C17H20N2O5. The molecule has 3 N–H and O–H groups in total. The van der Waals surface area contributed by atoms with E-state index in [0.29, 0.717) is 16.6 Å². The molecule has 7 heteroatoms. The van der Waals surface area contributed by atoms with Crippen LogP contribution in [0, 0.1) is 18.8 Å². The molecule has 1 unspecified atom stereocenters. The summed E-state index contributed by atoms with van der Waals surface area (Å²) in [4.78, 5) is 27.5. The number of aryl methyl sites for hydroxylation is 2. The lowest BCUT2D eigenvalue weighted by atomic mass is 10.0. The minimum atomic E-state index is -1.59. The highest BCUT2D eigenvalue weighted by atomic mass is 16.5. The molecule has 2 heterocycles. The van der Waals surface area contributed by atoms with Crippen LogP contribution in [0.4, 0.5) is 0 Å². The highest BCUT2D eigenvalue weighted by Gasteiger charge is 2.22. The number of aliphatic hydroxyl groups excluding tert-OH is 1. The number of hydrogen-bond donors (Lipinski definition) is 3. The second-order valence-electron chi connectivity index (χ2n) is 5.74. The predicted molar refractivity (Wildman–Crippen MR) is 88.8 cm³/mol. The highest BCUT2D eigenvalue weighted by molar-refractivity contribution is 6.07. The quantitative estimate of drug-likeness (QED) is 0.559. The van der Waals surface area contributed by atoms with Crippen LogP contribution in [0.15, 0.2) is 11.0 Å². The van der Waals surface area contributed by atoms with Gasteiger partial charge < -0.3 is 24.5 Å². The molecular weight excluding hydrogens is 312 g/mol. The summed E-state index contributed by atoms with van der Waals surface area (Å²) in [6.07, 6.45) is 1.49. The van der Waals surface area contributed by atoms with E-state index in [2.05, 4.69) is 16.8 Å². The van der Waals surface area contributed by atoms with E-state index in [-0.39, 0.29) is 23.2 Å². The fraction of sp³-hybridized carbons (Fsp3) is 0.412. The summed E-state index contributed by atoms with van der Waals surface area (Å²) < 4.78 is 6.40. The third-order valence-corrected chi connectivity index (χ3v) is 3.57. The number of fused-ring (bicyclic) bond motifs is 1. The summed E-state index contributed by atoms with van der Waals surface area (Å²) in [6.45, 7) is 4.41. The molecule has 0 radical (unpaired) electrons. The zero-order valence-electron chi connectivity index (χ0n) is 14.1. The first kappa shape index (κ1) is 17.8. The molecule has 0 amide bonds. The standard InChI is InChI=1S/C17H20N2O5/c1-5-24-16(22)12-10(2)18-14-13(12)11(8-19(4)15(14)21)6-7-17(3,23)9-20/h8,18,20,23H,5,9H2,1-4H3. The van der Waals surface area contributed by atoms with Crippen molar-refractivity contribution in [3.05, 3.63) is 33.4 Å². The fourth-order valence-electron chi connectivity index (χ4n) is 2.34. The number of esters is 1. The van der Waals surface area contributed by atoms with Gasteiger partial charge in [0.05, 0.1) is 24.3 Å². The Labute approximate surface area is 138 Å². The largest absolute Gasteiger partial charge is 0.462 e. The van der Waals surface area contributed by atoms with Crippen LogP contribution in [0.1, 0.15) is 35.5 Å². The Bertz CT molecular complexity index is 909. The van der Waals surface area contributed by atoms with E-state index in [1.54, 1.807) is 20.9 Å². The monoisotopic (exact) mass is 332 g/mol. The molecule has 0 spiro atoms. The number of aliphatic hydroxyl groups is 2. The molecule has 128 valence electrons. The van der Waals surface area contributed by atoms with Crippen LogP contribution in [0.5, 0.6) is 0 Å². The fourth-order valence-corrected chi connectivity index (χ4v) is 2.34. The molecule has 0 fully saturated rings. The van der Waals surface area contributed by atoms with Crippen LogP contribution >= 0.6 is 0 Å². The molecule has 1 atom stereocenters. The number of hydrogen-bond acceptors (Lipinski definition) is 5. The maximum Gasteiger partial charge on any atom is 0.340 e. The van der Waals surface area contributed by atoms with Crippen molar-refractivity contribution < 1.29 is 19.7 Å². The number of pyridine rings is 1. The van der Waals surface area contributed by atoms with Gasteiger partial charge in [-0.05, 0) is 20.8 Å². The Hall–Kier alpha value is -2.56. The van der Waals surface area contributed by atoms with Crippen molar-refractivity contribution in [3.63, 3.8) is 0 Å². The summed E-state index contributed by atoms with van der Waals surface area (Å²) in [5.41, 5.74) is -0.512. The predicted octanol–water partition coefficient (Wildman–Crippen LogP) is 0.447. The Morgan fingerprint density at radius 2 is 2.17 bits per heavy atom. The molecule has 0 aliphatic rings. The normalized spacial score (nSPS) is 13.2. The van der Waals surface area contributed by atoms with Gasteiger partial charge in [0.2, 0.25) is 0 Å². The van der Waals surface area contributed by atoms with E-state index < -0.39 is 18.2 Å². The SMILES string of the molecule is CCOC(=O)c1c(C)[nH]c2c(=O)n(C)cc(C#CC(C)(O)CO)c12. The molecule has 0 saturated carbocycles. The van der Waals surface area contributed by atoms with Gasteiger partial charge in [0.15, 0.2) is 0 Å². The van der Waals surface area contributed by atoms with Crippen molar-refractivity contribution in [2.24, 2.45) is 7.05 Å². The van der Waals surface area contributed by atoms with Gasteiger partial charge in [0.25, 0.3) is 5.56 Å². The lowest BCUT2D eigenvalue weighted by Gasteiger charge is -2.11. The molecule has 0 aliphatic heterocycles. The summed E-state index contributed by atoms with van der Waals surface area (Å²) in [5, 5.41) is 19.3. The van der Waals surface area contributed by atoms with Gasteiger partial charge in [0, 0.05) is 24.3 Å². The van der Waals surface area contributed by atoms with Gasteiger partial charge in [0.1, 0.15) is 11.1 Å². The molecule has 0 bridgehead atoms. The van der Waals surface area contributed by atoms with Gasteiger partial charge in [-0.2, -0.15) is 0 Å². The number of ether oxygens (including phenoxy) is 1. The van der Waals surface area contributed by atoms with Crippen LogP contribution in [0.25, 0.3) is 10.9 Å². The Morgan fingerprint density at radius 1 is 1.50 bits per heavy atom. The van der Waals surface area contributed by atoms with Crippen LogP contribution in [0.3, 0.4) is 0 Å². The lowest BCUT2D eigenvalue weighted by Crippen LogP contribution is -2.26. The van der Waals surface area contributed by atoms with Crippen molar-refractivity contribution in [3.8, 4) is 11.8 Å². The minimum absolute atomic E-state index is 0.204. The van der Waals surface area contributed by atoms with E-state index in [0.717, 1.165) is 0 Å². The van der Waals surface area contributed by atoms with E-state index >= 15 is 0 Å². The molecule has 2 aromatic rings. The Kier molecular flexibility index (Phi) is 4.83. The number of carbonyl (C=O) groups excluding carboxylic acids is 1. The van der Waals surface area contributed by atoms with Crippen LogP contribution in [0.2, 0.25) is 0 Å². The molecule has 2 aromatic heterocycles.